The lowest BCUT2D eigenvalue weighted by atomic mass is 9.88. The Morgan fingerprint density at radius 3 is 2.24 bits per heavy atom. The Bertz CT molecular complexity index is 397. The van der Waals surface area contributed by atoms with Gasteiger partial charge >= 0.3 is 0 Å². The van der Waals surface area contributed by atoms with Gasteiger partial charge in [0.25, 0.3) is 10.2 Å². The van der Waals surface area contributed by atoms with Crippen LogP contribution in [0.1, 0.15) is 52.4 Å². The summed E-state index contributed by atoms with van der Waals surface area (Å²) in [6.07, 6.45) is 6.18. The van der Waals surface area contributed by atoms with Crippen LogP contribution in [0.5, 0.6) is 0 Å². The van der Waals surface area contributed by atoms with E-state index in [9.17, 15) is 8.42 Å². The van der Waals surface area contributed by atoms with Crippen molar-refractivity contribution in [2.75, 3.05) is 26.2 Å². The second-order valence-electron chi connectivity index (χ2n) is 6.73. The zero-order valence-corrected chi connectivity index (χ0v) is 14.3. The van der Waals surface area contributed by atoms with Gasteiger partial charge in [0.1, 0.15) is 0 Å². The summed E-state index contributed by atoms with van der Waals surface area (Å²) in [5, 5.41) is 3.36. The van der Waals surface area contributed by atoms with E-state index in [1.54, 1.807) is 4.31 Å². The van der Waals surface area contributed by atoms with E-state index in [1.165, 1.54) is 0 Å². The van der Waals surface area contributed by atoms with Crippen molar-refractivity contribution < 1.29 is 8.42 Å². The summed E-state index contributed by atoms with van der Waals surface area (Å²) in [5.41, 5.74) is 0. The lowest BCUT2D eigenvalue weighted by molar-refractivity contribution is 0.260. The van der Waals surface area contributed by atoms with Gasteiger partial charge in [-0.1, -0.05) is 13.8 Å². The molecule has 1 saturated heterocycles. The molecule has 2 fully saturated rings. The predicted molar refractivity (Wildman–Crippen MR) is 86.3 cm³/mol. The monoisotopic (exact) mass is 317 g/mol. The highest BCUT2D eigenvalue weighted by atomic mass is 32.2. The molecule has 0 aromatic carbocycles. The Labute approximate surface area is 130 Å². The topological polar surface area (TPSA) is 61.4 Å². The molecule has 6 heteroatoms. The highest BCUT2D eigenvalue weighted by Crippen LogP contribution is 2.25. The highest BCUT2D eigenvalue weighted by molar-refractivity contribution is 7.87. The Kier molecular flexibility index (Phi) is 6.47. The normalized spacial score (nSPS) is 29.6. The van der Waals surface area contributed by atoms with Crippen LogP contribution in [-0.4, -0.2) is 44.9 Å². The lowest BCUT2D eigenvalue weighted by Crippen LogP contribution is -2.49. The first-order valence-electron chi connectivity index (χ1n) is 8.49. The molecule has 1 saturated carbocycles. The van der Waals surface area contributed by atoms with Crippen molar-refractivity contribution in [2.45, 2.75) is 58.4 Å². The van der Waals surface area contributed by atoms with Crippen LogP contribution >= 0.6 is 0 Å². The number of rotatable bonds is 6. The number of piperidine rings is 1. The smallest absolute Gasteiger partial charge is 0.279 e. The van der Waals surface area contributed by atoms with Crippen LogP contribution in [0, 0.1) is 11.8 Å². The van der Waals surface area contributed by atoms with E-state index in [-0.39, 0.29) is 6.04 Å². The summed E-state index contributed by atoms with van der Waals surface area (Å²) in [5.74, 6) is 1.36. The first kappa shape index (κ1) is 17.2. The second-order valence-corrected chi connectivity index (χ2v) is 8.43. The summed E-state index contributed by atoms with van der Waals surface area (Å²) >= 11 is 0. The van der Waals surface area contributed by atoms with Gasteiger partial charge in [0, 0.05) is 19.1 Å². The SMILES string of the molecule is CCNCC1CCN(S(=O)(=O)NC2CCC(C)CC2)CC1. The van der Waals surface area contributed by atoms with Crippen LogP contribution in [0.4, 0.5) is 0 Å². The van der Waals surface area contributed by atoms with Crippen LogP contribution in [0.3, 0.4) is 0 Å². The van der Waals surface area contributed by atoms with Crippen LogP contribution in [0.2, 0.25) is 0 Å². The predicted octanol–water partition coefficient (Wildman–Crippen LogP) is 1.72. The van der Waals surface area contributed by atoms with Crippen molar-refractivity contribution in [2.24, 2.45) is 11.8 Å². The van der Waals surface area contributed by atoms with Crippen molar-refractivity contribution in [1.29, 1.82) is 0 Å². The molecule has 0 aromatic rings. The fraction of sp³-hybridized carbons (Fsp3) is 1.00. The third-order valence-corrected chi connectivity index (χ3v) is 6.60. The first-order chi connectivity index (χ1) is 10.0. The van der Waals surface area contributed by atoms with Crippen LogP contribution in [0.25, 0.3) is 0 Å². The number of nitrogens with zero attached hydrogens (tertiary/aromatic N) is 1. The molecule has 21 heavy (non-hydrogen) atoms. The fourth-order valence-electron chi connectivity index (χ4n) is 3.37. The summed E-state index contributed by atoms with van der Waals surface area (Å²) in [6, 6.07) is 0.144. The van der Waals surface area contributed by atoms with Crippen molar-refractivity contribution in [1.82, 2.24) is 14.3 Å². The average molecular weight is 317 g/mol. The van der Waals surface area contributed by atoms with Crippen LogP contribution in [-0.2, 0) is 10.2 Å². The Hall–Kier alpha value is -0.170. The molecular formula is C15H31N3O2S. The molecule has 124 valence electrons. The molecule has 1 aliphatic carbocycles. The minimum absolute atomic E-state index is 0.144. The molecule has 0 amide bonds. The minimum Gasteiger partial charge on any atom is -0.317 e. The summed E-state index contributed by atoms with van der Waals surface area (Å²) < 4.78 is 29.5. The maximum atomic E-state index is 12.5. The van der Waals surface area contributed by atoms with E-state index < -0.39 is 10.2 Å². The zero-order valence-electron chi connectivity index (χ0n) is 13.5. The first-order valence-corrected chi connectivity index (χ1v) is 9.93. The van der Waals surface area contributed by atoms with E-state index in [4.69, 9.17) is 0 Å². The third-order valence-electron chi connectivity index (χ3n) is 4.93. The van der Waals surface area contributed by atoms with Gasteiger partial charge < -0.3 is 5.32 Å². The molecule has 1 heterocycles. The molecule has 0 unspecified atom stereocenters. The molecule has 0 spiro atoms. The molecular weight excluding hydrogens is 286 g/mol. The van der Waals surface area contributed by atoms with Gasteiger partial charge in [0.15, 0.2) is 0 Å². The molecule has 0 radical (unpaired) electrons. The molecule has 0 aromatic heterocycles. The van der Waals surface area contributed by atoms with E-state index in [0.29, 0.717) is 19.0 Å². The minimum atomic E-state index is -3.28. The van der Waals surface area contributed by atoms with Gasteiger partial charge in [-0.2, -0.15) is 17.4 Å². The van der Waals surface area contributed by atoms with E-state index >= 15 is 0 Å². The highest BCUT2D eigenvalue weighted by Gasteiger charge is 2.30. The molecule has 0 atom stereocenters. The van der Waals surface area contributed by atoms with E-state index in [0.717, 1.165) is 57.5 Å². The standard InChI is InChI=1S/C15H31N3O2S/c1-3-16-12-14-8-10-18(11-9-14)21(19,20)17-15-6-4-13(2)5-7-15/h13-17H,3-12H2,1-2H3. The van der Waals surface area contributed by atoms with Gasteiger partial charge in [0.05, 0.1) is 0 Å². The van der Waals surface area contributed by atoms with E-state index in [1.807, 2.05) is 0 Å². The van der Waals surface area contributed by atoms with Crippen molar-refractivity contribution in [3.05, 3.63) is 0 Å². The lowest BCUT2D eigenvalue weighted by Gasteiger charge is -2.34. The molecule has 1 aliphatic heterocycles. The third kappa shape index (κ3) is 5.20. The van der Waals surface area contributed by atoms with E-state index in [2.05, 4.69) is 23.9 Å². The maximum Gasteiger partial charge on any atom is 0.279 e. The van der Waals surface area contributed by atoms with Gasteiger partial charge in [-0.3, -0.25) is 0 Å². The van der Waals surface area contributed by atoms with Crippen LogP contribution < -0.4 is 10.0 Å². The largest absolute Gasteiger partial charge is 0.317 e. The molecule has 5 nitrogen and oxygen atoms in total. The molecule has 0 bridgehead atoms. The molecule has 2 aliphatic rings. The van der Waals surface area contributed by atoms with Crippen molar-refractivity contribution in [3.8, 4) is 0 Å². The maximum absolute atomic E-state index is 12.5. The van der Waals surface area contributed by atoms with Crippen molar-refractivity contribution >= 4 is 10.2 Å². The number of nitrogens with one attached hydrogen (secondary N) is 2. The average Bonchev–Trinajstić information content (AvgIpc) is 2.48. The number of hydrogen-bond donors (Lipinski definition) is 2. The summed E-state index contributed by atoms with van der Waals surface area (Å²) in [7, 11) is -3.28. The van der Waals surface area contributed by atoms with Gasteiger partial charge in [-0.25, -0.2) is 0 Å². The summed E-state index contributed by atoms with van der Waals surface area (Å²) in [4.78, 5) is 0. The zero-order chi connectivity index (χ0) is 15.3. The van der Waals surface area contributed by atoms with Gasteiger partial charge in [-0.05, 0) is 63.5 Å². The van der Waals surface area contributed by atoms with Crippen LogP contribution in [0.15, 0.2) is 0 Å². The van der Waals surface area contributed by atoms with Gasteiger partial charge in [-0.15, -0.1) is 0 Å². The summed E-state index contributed by atoms with van der Waals surface area (Å²) in [6.45, 7) is 7.68. The Balaban J connectivity index is 1.78. The van der Waals surface area contributed by atoms with Crippen molar-refractivity contribution in [3.63, 3.8) is 0 Å². The fourth-order valence-corrected chi connectivity index (χ4v) is 4.86. The Morgan fingerprint density at radius 2 is 1.67 bits per heavy atom. The Morgan fingerprint density at radius 1 is 1.05 bits per heavy atom. The quantitative estimate of drug-likeness (QED) is 0.784. The molecule has 2 N–H and O–H groups in total. The molecule has 2 rings (SSSR count). The van der Waals surface area contributed by atoms with Gasteiger partial charge in [0.2, 0.25) is 0 Å². The second kappa shape index (κ2) is 7.90. The number of hydrogen-bond acceptors (Lipinski definition) is 3.